The second kappa shape index (κ2) is 10.2. The molecule has 9 nitrogen and oxygen atoms in total. The van der Waals surface area contributed by atoms with E-state index in [-0.39, 0.29) is 18.1 Å². The fourth-order valence-corrected chi connectivity index (χ4v) is 3.62. The SMILES string of the molecule is COc1ccc(O[C@@H]2CCN(c3nnc(C(=O)NCc4ccncc4)cc3C)C[C@@H]2F)cn1. The van der Waals surface area contributed by atoms with E-state index in [4.69, 9.17) is 9.47 Å². The van der Waals surface area contributed by atoms with Crippen LogP contribution in [0.25, 0.3) is 0 Å². The number of ether oxygens (including phenoxy) is 2. The van der Waals surface area contributed by atoms with Gasteiger partial charge >= 0.3 is 0 Å². The number of nitrogens with zero attached hydrogens (tertiary/aromatic N) is 5. The van der Waals surface area contributed by atoms with Gasteiger partial charge in [0, 0.05) is 38.0 Å². The van der Waals surface area contributed by atoms with Crippen LogP contribution in [0.3, 0.4) is 0 Å². The zero-order valence-corrected chi connectivity index (χ0v) is 18.4. The summed E-state index contributed by atoms with van der Waals surface area (Å²) in [5.41, 5.74) is 1.90. The van der Waals surface area contributed by atoms with E-state index in [1.54, 1.807) is 30.6 Å². The summed E-state index contributed by atoms with van der Waals surface area (Å²) in [5, 5.41) is 11.1. The molecule has 0 radical (unpaired) electrons. The van der Waals surface area contributed by atoms with Gasteiger partial charge in [0.05, 0.1) is 19.9 Å². The number of aromatic nitrogens is 4. The lowest BCUT2D eigenvalue weighted by Gasteiger charge is -2.35. The third kappa shape index (κ3) is 5.51. The van der Waals surface area contributed by atoms with E-state index in [0.717, 1.165) is 11.1 Å². The molecule has 0 bridgehead atoms. The predicted molar refractivity (Wildman–Crippen MR) is 119 cm³/mol. The maximum absolute atomic E-state index is 14.9. The first-order valence-electron chi connectivity index (χ1n) is 10.6. The normalized spacial score (nSPS) is 18.0. The van der Waals surface area contributed by atoms with Crippen LogP contribution >= 0.6 is 0 Å². The van der Waals surface area contributed by atoms with Crippen molar-refractivity contribution in [2.24, 2.45) is 0 Å². The third-order valence-electron chi connectivity index (χ3n) is 5.38. The molecule has 0 spiro atoms. The Labute approximate surface area is 191 Å². The van der Waals surface area contributed by atoms with Gasteiger partial charge in [0.15, 0.2) is 17.7 Å². The monoisotopic (exact) mass is 452 g/mol. The highest BCUT2D eigenvalue weighted by atomic mass is 19.1. The molecular formula is C23H25FN6O3. The van der Waals surface area contributed by atoms with Crippen molar-refractivity contribution in [1.82, 2.24) is 25.5 Å². The first-order chi connectivity index (χ1) is 16.0. The summed E-state index contributed by atoms with van der Waals surface area (Å²) in [4.78, 5) is 22.3. The molecule has 4 rings (SSSR count). The van der Waals surface area contributed by atoms with E-state index in [1.165, 1.54) is 13.3 Å². The Hall–Kier alpha value is -3.82. The number of methoxy groups -OCH3 is 1. The van der Waals surface area contributed by atoms with Gasteiger partial charge in [-0.15, -0.1) is 10.2 Å². The van der Waals surface area contributed by atoms with Crippen LogP contribution in [0.15, 0.2) is 48.9 Å². The lowest BCUT2D eigenvalue weighted by molar-refractivity contribution is 0.0814. The average molecular weight is 452 g/mol. The van der Waals surface area contributed by atoms with Gasteiger partial charge < -0.3 is 19.7 Å². The minimum atomic E-state index is -1.22. The Bertz CT molecular complexity index is 1080. The van der Waals surface area contributed by atoms with Crippen molar-refractivity contribution in [3.8, 4) is 11.6 Å². The molecule has 0 aliphatic carbocycles. The number of hydrogen-bond acceptors (Lipinski definition) is 8. The number of carbonyl (C=O) groups is 1. The average Bonchev–Trinajstić information content (AvgIpc) is 2.85. The largest absolute Gasteiger partial charge is 0.486 e. The van der Waals surface area contributed by atoms with Gasteiger partial charge in [-0.25, -0.2) is 9.37 Å². The van der Waals surface area contributed by atoms with Gasteiger partial charge in [-0.1, -0.05) is 0 Å². The molecule has 1 amide bonds. The van der Waals surface area contributed by atoms with Crippen molar-refractivity contribution in [3.63, 3.8) is 0 Å². The summed E-state index contributed by atoms with van der Waals surface area (Å²) in [6.07, 6.45) is 3.53. The van der Waals surface area contributed by atoms with Gasteiger partial charge in [-0.05, 0) is 42.3 Å². The van der Waals surface area contributed by atoms with Gasteiger partial charge in [-0.2, -0.15) is 0 Å². The Kier molecular flexibility index (Phi) is 6.92. The van der Waals surface area contributed by atoms with Gasteiger partial charge in [0.1, 0.15) is 11.9 Å². The molecule has 0 aromatic carbocycles. The number of rotatable bonds is 7. The molecule has 1 aliphatic heterocycles. The number of amides is 1. The summed E-state index contributed by atoms with van der Waals surface area (Å²) in [6.45, 7) is 2.88. The number of nitrogens with one attached hydrogen (secondary N) is 1. The summed E-state index contributed by atoms with van der Waals surface area (Å²) in [5.74, 6) is 1.21. The van der Waals surface area contributed by atoms with Crippen molar-refractivity contribution < 1.29 is 18.7 Å². The zero-order valence-electron chi connectivity index (χ0n) is 18.4. The molecular weight excluding hydrogens is 427 g/mol. The van der Waals surface area contributed by atoms with Crippen LogP contribution in [-0.4, -0.2) is 58.5 Å². The lowest BCUT2D eigenvalue weighted by atomic mass is 10.1. The molecule has 1 saturated heterocycles. The van der Waals surface area contributed by atoms with E-state index in [9.17, 15) is 9.18 Å². The number of carbonyl (C=O) groups excluding carboxylic acids is 1. The summed E-state index contributed by atoms with van der Waals surface area (Å²) in [7, 11) is 1.53. The Balaban J connectivity index is 1.35. The minimum absolute atomic E-state index is 0.122. The number of piperidine rings is 1. The summed E-state index contributed by atoms with van der Waals surface area (Å²) >= 11 is 0. The number of aryl methyl sites for hydroxylation is 1. The van der Waals surface area contributed by atoms with Crippen LogP contribution < -0.4 is 19.7 Å². The van der Waals surface area contributed by atoms with Gasteiger partial charge in [0.2, 0.25) is 5.88 Å². The Morgan fingerprint density at radius 1 is 1.24 bits per heavy atom. The highest BCUT2D eigenvalue weighted by molar-refractivity contribution is 5.92. The quantitative estimate of drug-likeness (QED) is 0.584. The third-order valence-corrected chi connectivity index (χ3v) is 5.38. The first-order valence-corrected chi connectivity index (χ1v) is 10.6. The molecule has 1 fully saturated rings. The number of hydrogen-bond donors (Lipinski definition) is 1. The van der Waals surface area contributed by atoms with Crippen LogP contribution in [0.5, 0.6) is 11.6 Å². The van der Waals surface area contributed by atoms with Crippen LogP contribution in [-0.2, 0) is 6.54 Å². The first kappa shape index (κ1) is 22.4. The number of alkyl halides is 1. The van der Waals surface area contributed by atoms with E-state index >= 15 is 0 Å². The standard InChI is InChI=1S/C23H25FN6O3/c1-15-11-19(23(31)27-12-16-5-8-25-9-6-16)28-29-22(15)30-10-7-20(18(24)14-30)33-17-3-4-21(32-2)26-13-17/h3-6,8-9,11,13,18,20H,7,10,12,14H2,1-2H3,(H,27,31)/t18-,20+/m0/s1. The second-order valence-electron chi connectivity index (χ2n) is 7.72. The molecule has 3 aromatic heterocycles. The zero-order chi connectivity index (χ0) is 23.2. The summed E-state index contributed by atoms with van der Waals surface area (Å²) < 4.78 is 25.7. The molecule has 2 atom stereocenters. The van der Waals surface area contributed by atoms with E-state index in [0.29, 0.717) is 37.0 Å². The number of pyridine rings is 2. The van der Waals surface area contributed by atoms with Gasteiger partial charge in [-0.3, -0.25) is 9.78 Å². The maximum atomic E-state index is 14.9. The molecule has 0 unspecified atom stereocenters. The van der Waals surface area contributed by atoms with Crippen LogP contribution in [0, 0.1) is 6.92 Å². The number of halogens is 1. The van der Waals surface area contributed by atoms with Crippen LogP contribution in [0.4, 0.5) is 10.2 Å². The fourth-order valence-electron chi connectivity index (χ4n) is 3.62. The Morgan fingerprint density at radius 3 is 2.73 bits per heavy atom. The minimum Gasteiger partial charge on any atom is -0.486 e. The smallest absolute Gasteiger partial charge is 0.272 e. The van der Waals surface area contributed by atoms with Crippen molar-refractivity contribution >= 4 is 11.7 Å². The van der Waals surface area contributed by atoms with Crippen molar-refractivity contribution in [3.05, 3.63) is 65.7 Å². The molecule has 1 aliphatic rings. The highest BCUT2D eigenvalue weighted by Gasteiger charge is 2.32. The van der Waals surface area contributed by atoms with Crippen molar-refractivity contribution in [2.75, 3.05) is 25.1 Å². The van der Waals surface area contributed by atoms with Gasteiger partial charge in [0.25, 0.3) is 5.91 Å². The molecule has 33 heavy (non-hydrogen) atoms. The number of anilines is 1. The predicted octanol–water partition coefficient (Wildman–Crippen LogP) is 2.51. The fraction of sp³-hybridized carbons (Fsp3) is 0.348. The molecule has 0 saturated carbocycles. The van der Waals surface area contributed by atoms with Crippen molar-refractivity contribution in [1.29, 1.82) is 0 Å². The van der Waals surface area contributed by atoms with Crippen LogP contribution in [0.2, 0.25) is 0 Å². The topological polar surface area (TPSA) is 102 Å². The molecule has 172 valence electrons. The molecule has 4 heterocycles. The van der Waals surface area contributed by atoms with Crippen LogP contribution in [0.1, 0.15) is 28.0 Å². The molecule has 3 aromatic rings. The molecule has 10 heteroatoms. The highest BCUT2D eigenvalue weighted by Crippen LogP contribution is 2.26. The van der Waals surface area contributed by atoms with E-state index < -0.39 is 12.3 Å². The van der Waals surface area contributed by atoms with E-state index in [2.05, 4.69) is 25.5 Å². The molecule has 1 N–H and O–H groups in total. The summed E-state index contributed by atoms with van der Waals surface area (Å²) in [6, 6.07) is 8.70. The van der Waals surface area contributed by atoms with Crippen molar-refractivity contribution in [2.45, 2.75) is 32.2 Å². The van der Waals surface area contributed by atoms with E-state index in [1.807, 2.05) is 24.0 Å². The maximum Gasteiger partial charge on any atom is 0.272 e. The lowest BCUT2D eigenvalue weighted by Crippen LogP contribution is -2.47. The second-order valence-corrected chi connectivity index (χ2v) is 7.72. The Morgan fingerprint density at radius 2 is 2.06 bits per heavy atom.